The Bertz CT molecular complexity index is 615. The van der Waals surface area contributed by atoms with Crippen LogP contribution in [-0.2, 0) is 23.1 Å². The molecular weight excluding hydrogens is 424 g/mol. The Labute approximate surface area is 193 Å². The zero-order valence-corrected chi connectivity index (χ0v) is 23.9. The molecule has 1 saturated heterocycles. The van der Waals surface area contributed by atoms with Gasteiger partial charge in [0.1, 0.15) is 0 Å². The number of ether oxygens (including phenoxy) is 2. The van der Waals surface area contributed by atoms with E-state index in [0.29, 0.717) is 19.8 Å². The Kier molecular flexibility index (Phi) is 8.02. The molecule has 5 nitrogen and oxygen atoms in total. The van der Waals surface area contributed by atoms with Crippen molar-refractivity contribution >= 4 is 22.6 Å². The van der Waals surface area contributed by atoms with Gasteiger partial charge in [0.25, 0.3) is 14.3 Å². The molecule has 1 aliphatic carbocycles. The SMILES string of the molecule is CC(C)(C)[Si](C)(C)OCCCC1(C(=O)O[Si](C)(C)C(C)(C)C)CCC2(CC1)OCCO2. The van der Waals surface area contributed by atoms with E-state index in [9.17, 15) is 4.79 Å². The molecule has 0 radical (unpaired) electrons. The van der Waals surface area contributed by atoms with Crippen LogP contribution in [0.3, 0.4) is 0 Å². The summed E-state index contributed by atoms with van der Waals surface area (Å²) in [6.07, 6.45) is 4.76. The van der Waals surface area contributed by atoms with Gasteiger partial charge in [-0.3, -0.25) is 4.79 Å². The van der Waals surface area contributed by atoms with Crippen LogP contribution in [0.1, 0.15) is 80.1 Å². The molecule has 0 aromatic carbocycles. The third-order valence-electron chi connectivity index (χ3n) is 8.44. The van der Waals surface area contributed by atoms with Crippen LogP contribution in [0.5, 0.6) is 0 Å². The van der Waals surface area contributed by atoms with E-state index in [4.69, 9.17) is 18.3 Å². The summed E-state index contributed by atoms with van der Waals surface area (Å²) < 4.78 is 24.6. The van der Waals surface area contributed by atoms with E-state index in [1.165, 1.54) is 0 Å². The maximum absolute atomic E-state index is 13.6. The second-order valence-electron chi connectivity index (χ2n) is 12.8. The first-order valence-corrected chi connectivity index (χ1v) is 17.9. The number of hydrogen-bond acceptors (Lipinski definition) is 5. The summed E-state index contributed by atoms with van der Waals surface area (Å²) in [5, 5.41) is 0.198. The molecule has 1 aliphatic heterocycles. The van der Waals surface area contributed by atoms with E-state index in [-0.39, 0.29) is 16.0 Å². The molecule has 0 atom stereocenters. The van der Waals surface area contributed by atoms with Crippen LogP contribution in [0.2, 0.25) is 36.3 Å². The molecule has 2 aliphatic rings. The van der Waals surface area contributed by atoms with Crippen molar-refractivity contribution in [3.63, 3.8) is 0 Å². The molecule has 1 saturated carbocycles. The van der Waals surface area contributed by atoms with E-state index in [1.807, 2.05) is 0 Å². The Morgan fingerprint density at radius 2 is 1.32 bits per heavy atom. The van der Waals surface area contributed by atoms with Gasteiger partial charge in [-0.1, -0.05) is 41.5 Å². The maximum atomic E-state index is 13.6. The highest BCUT2D eigenvalue weighted by Gasteiger charge is 2.52. The van der Waals surface area contributed by atoms with Crippen LogP contribution in [0.15, 0.2) is 0 Å². The largest absolute Gasteiger partial charge is 0.519 e. The molecule has 7 heteroatoms. The summed E-state index contributed by atoms with van der Waals surface area (Å²) in [7, 11) is -3.96. The van der Waals surface area contributed by atoms with Gasteiger partial charge in [0.05, 0.1) is 18.6 Å². The predicted molar refractivity (Wildman–Crippen MR) is 131 cm³/mol. The van der Waals surface area contributed by atoms with Gasteiger partial charge in [-0.15, -0.1) is 0 Å². The van der Waals surface area contributed by atoms with Crippen molar-refractivity contribution in [1.82, 2.24) is 0 Å². The lowest BCUT2D eigenvalue weighted by atomic mass is 9.69. The van der Waals surface area contributed by atoms with Crippen molar-refractivity contribution in [1.29, 1.82) is 0 Å². The van der Waals surface area contributed by atoms with E-state index < -0.39 is 27.8 Å². The Balaban J connectivity index is 2.09. The zero-order chi connectivity index (χ0) is 23.8. The molecule has 0 unspecified atom stereocenters. The molecule has 2 rings (SSSR count). The van der Waals surface area contributed by atoms with Crippen molar-refractivity contribution in [3.05, 3.63) is 0 Å². The minimum Gasteiger partial charge on any atom is -0.519 e. The van der Waals surface area contributed by atoms with Crippen molar-refractivity contribution in [2.45, 2.75) is 122 Å². The number of carbonyl (C=O) groups is 1. The summed E-state index contributed by atoms with van der Waals surface area (Å²) in [4.78, 5) is 13.6. The van der Waals surface area contributed by atoms with Crippen molar-refractivity contribution < 1.29 is 23.1 Å². The molecule has 0 N–H and O–H groups in total. The fraction of sp³-hybridized carbons (Fsp3) is 0.958. The summed E-state index contributed by atoms with van der Waals surface area (Å²) >= 11 is 0. The first-order valence-electron chi connectivity index (χ1n) is 12.1. The summed E-state index contributed by atoms with van der Waals surface area (Å²) in [5.41, 5.74) is -0.452. The first-order chi connectivity index (χ1) is 14.0. The van der Waals surface area contributed by atoms with E-state index in [2.05, 4.69) is 67.7 Å². The van der Waals surface area contributed by atoms with Crippen LogP contribution < -0.4 is 0 Å². The molecule has 0 aromatic heterocycles. The summed E-state index contributed by atoms with van der Waals surface area (Å²) in [6.45, 7) is 24.2. The molecule has 31 heavy (non-hydrogen) atoms. The quantitative estimate of drug-likeness (QED) is 0.307. The summed E-state index contributed by atoms with van der Waals surface area (Å²) in [5.74, 6) is -0.474. The molecule has 0 amide bonds. The van der Waals surface area contributed by atoms with Gasteiger partial charge in [0, 0.05) is 19.4 Å². The van der Waals surface area contributed by atoms with Gasteiger partial charge in [-0.25, -0.2) is 0 Å². The minimum absolute atomic E-state index is 0.000680. The Morgan fingerprint density at radius 3 is 1.77 bits per heavy atom. The molecule has 0 aromatic rings. The van der Waals surface area contributed by atoms with E-state index in [1.54, 1.807) is 0 Å². The van der Waals surface area contributed by atoms with Crippen LogP contribution >= 0.6 is 0 Å². The topological polar surface area (TPSA) is 54.0 Å². The highest BCUT2D eigenvalue weighted by Crippen LogP contribution is 2.49. The Morgan fingerprint density at radius 1 is 0.839 bits per heavy atom. The van der Waals surface area contributed by atoms with Gasteiger partial charge in [-0.05, 0) is 61.9 Å². The average Bonchev–Trinajstić information content (AvgIpc) is 3.06. The third kappa shape index (κ3) is 6.22. The zero-order valence-electron chi connectivity index (χ0n) is 21.9. The number of hydrogen-bond donors (Lipinski definition) is 0. The summed E-state index contributed by atoms with van der Waals surface area (Å²) in [6, 6.07) is 0. The number of rotatable bonds is 7. The fourth-order valence-corrected chi connectivity index (χ4v) is 5.97. The molecule has 1 heterocycles. The predicted octanol–water partition coefficient (Wildman–Crippen LogP) is 6.64. The van der Waals surface area contributed by atoms with E-state index >= 15 is 0 Å². The van der Waals surface area contributed by atoms with Gasteiger partial charge in [-0.2, -0.15) is 0 Å². The average molecular weight is 473 g/mol. The van der Waals surface area contributed by atoms with Crippen LogP contribution in [0.25, 0.3) is 0 Å². The Hall–Kier alpha value is -0.216. The fourth-order valence-electron chi connectivity index (χ4n) is 3.90. The van der Waals surface area contributed by atoms with Crippen LogP contribution in [0, 0.1) is 5.41 Å². The monoisotopic (exact) mass is 472 g/mol. The molecule has 182 valence electrons. The minimum atomic E-state index is -2.18. The third-order valence-corrected chi connectivity index (χ3v) is 17.3. The lowest BCUT2D eigenvalue weighted by Crippen LogP contribution is -2.50. The molecular formula is C24H48O5Si2. The standard InChI is InChI=1S/C24H48O5Si2/c1-21(2,3)30(7,8)28-17-11-12-23(20(25)29-31(9,10)22(4,5)6)13-15-24(16-14-23)26-18-19-27-24/h11-19H2,1-10H3. The first kappa shape index (κ1) is 27.0. The van der Waals surface area contributed by atoms with E-state index in [0.717, 1.165) is 38.5 Å². The highest BCUT2D eigenvalue weighted by atomic mass is 28.4. The normalized spacial score (nSPS) is 22.0. The number of carbonyl (C=O) groups excluding carboxylic acids is 1. The van der Waals surface area contributed by atoms with Crippen molar-refractivity contribution in [3.8, 4) is 0 Å². The van der Waals surface area contributed by atoms with Gasteiger partial charge >= 0.3 is 0 Å². The highest BCUT2D eigenvalue weighted by molar-refractivity contribution is 6.75. The van der Waals surface area contributed by atoms with Gasteiger partial charge in [0.15, 0.2) is 14.1 Å². The smallest absolute Gasteiger partial charge is 0.298 e. The van der Waals surface area contributed by atoms with Crippen molar-refractivity contribution in [2.75, 3.05) is 19.8 Å². The second-order valence-corrected chi connectivity index (χ2v) is 22.3. The van der Waals surface area contributed by atoms with Crippen LogP contribution in [-0.4, -0.2) is 48.2 Å². The maximum Gasteiger partial charge on any atom is 0.298 e. The van der Waals surface area contributed by atoms with Crippen LogP contribution in [0.4, 0.5) is 0 Å². The van der Waals surface area contributed by atoms with Crippen molar-refractivity contribution in [2.24, 2.45) is 5.41 Å². The second kappa shape index (κ2) is 9.20. The molecule has 0 bridgehead atoms. The van der Waals surface area contributed by atoms with Gasteiger partial charge in [0.2, 0.25) is 0 Å². The molecule has 1 spiro atoms. The van der Waals surface area contributed by atoms with Gasteiger partial charge < -0.3 is 18.3 Å². The lowest BCUT2D eigenvalue weighted by Gasteiger charge is -2.45. The molecule has 2 fully saturated rings. The lowest BCUT2D eigenvalue weighted by molar-refractivity contribution is -0.197.